The summed E-state index contributed by atoms with van der Waals surface area (Å²) in [4.78, 5) is 24.7. The number of carbonyl (C=O) groups is 2. The van der Waals surface area contributed by atoms with Crippen LogP contribution in [0.25, 0.3) is 0 Å². The van der Waals surface area contributed by atoms with Gasteiger partial charge in [0.25, 0.3) is 0 Å². The maximum atomic E-state index is 12.4. The first-order chi connectivity index (χ1) is 11.1. The standard InChI is InChI=1S/C18H24O5/c1-4-23-17(20)18(10-5-6-16(18)19)11-9-13-12-14(21-2)7-8-15(13)22-3/h7-8,12H,4-6,9-11H2,1-3H3. The van der Waals surface area contributed by atoms with Gasteiger partial charge in [-0.25, -0.2) is 0 Å². The summed E-state index contributed by atoms with van der Waals surface area (Å²) in [6.45, 7) is 2.05. The fourth-order valence-electron chi connectivity index (χ4n) is 3.21. The summed E-state index contributed by atoms with van der Waals surface area (Å²) in [6.07, 6.45) is 2.76. The van der Waals surface area contributed by atoms with Crippen LogP contribution in [0.1, 0.15) is 38.2 Å². The molecule has 1 atom stereocenters. The summed E-state index contributed by atoms with van der Waals surface area (Å²) in [5.41, 5.74) is -0.0698. The van der Waals surface area contributed by atoms with Crippen molar-refractivity contribution in [3.8, 4) is 11.5 Å². The summed E-state index contributed by atoms with van der Waals surface area (Å²) in [5, 5.41) is 0. The third-order valence-electron chi connectivity index (χ3n) is 4.52. The first-order valence-electron chi connectivity index (χ1n) is 7.99. The minimum atomic E-state index is -0.996. The van der Waals surface area contributed by atoms with Crippen molar-refractivity contribution in [3.05, 3.63) is 23.8 Å². The lowest BCUT2D eigenvalue weighted by Crippen LogP contribution is -2.37. The van der Waals surface area contributed by atoms with Crippen LogP contribution in [-0.2, 0) is 20.7 Å². The van der Waals surface area contributed by atoms with E-state index in [-0.39, 0.29) is 18.4 Å². The lowest BCUT2D eigenvalue weighted by atomic mass is 9.79. The van der Waals surface area contributed by atoms with Crippen molar-refractivity contribution in [1.82, 2.24) is 0 Å². The van der Waals surface area contributed by atoms with Crippen LogP contribution in [0.3, 0.4) is 0 Å². The zero-order valence-corrected chi connectivity index (χ0v) is 14.0. The second-order valence-electron chi connectivity index (χ2n) is 5.76. The van der Waals surface area contributed by atoms with Gasteiger partial charge < -0.3 is 14.2 Å². The smallest absolute Gasteiger partial charge is 0.319 e. The fourth-order valence-corrected chi connectivity index (χ4v) is 3.21. The third-order valence-corrected chi connectivity index (χ3v) is 4.52. The minimum absolute atomic E-state index is 0.00203. The van der Waals surface area contributed by atoms with E-state index >= 15 is 0 Å². The monoisotopic (exact) mass is 320 g/mol. The number of carbonyl (C=O) groups excluding carboxylic acids is 2. The number of ether oxygens (including phenoxy) is 3. The van der Waals surface area contributed by atoms with E-state index in [1.165, 1.54) is 0 Å². The fraction of sp³-hybridized carbons (Fsp3) is 0.556. The van der Waals surface area contributed by atoms with Crippen molar-refractivity contribution in [1.29, 1.82) is 0 Å². The molecule has 1 aliphatic rings. The van der Waals surface area contributed by atoms with Crippen LogP contribution in [0.2, 0.25) is 0 Å². The molecule has 1 aliphatic carbocycles. The third kappa shape index (κ3) is 3.49. The molecule has 0 N–H and O–H groups in total. The van der Waals surface area contributed by atoms with Crippen LogP contribution >= 0.6 is 0 Å². The summed E-state index contributed by atoms with van der Waals surface area (Å²) in [5.74, 6) is 1.07. The molecule has 2 rings (SSSR count). The van der Waals surface area contributed by atoms with E-state index in [4.69, 9.17) is 14.2 Å². The van der Waals surface area contributed by atoms with E-state index in [1.54, 1.807) is 21.1 Å². The normalized spacial score (nSPS) is 20.4. The Morgan fingerprint density at radius 1 is 1.26 bits per heavy atom. The Hall–Kier alpha value is -2.04. The Balaban J connectivity index is 2.22. The second kappa shape index (κ2) is 7.49. The number of rotatable bonds is 7. The number of aryl methyl sites for hydroxylation is 1. The van der Waals surface area contributed by atoms with E-state index in [0.717, 1.165) is 23.5 Å². The SMILES string of the molecule is CCOC(=O)C1(CCc2cc(OC)ccc2OC)CCCC1=O. The number of hydrogen-bond donors (Lipinski definition) is 0. The van der Waals surface area contributed by atoms with Gasteiger partial charge in [-0.15, -0.1) is 0 Å². The zero-order chi connectivity index (χ0) is 16.9. The molecular weight excluding hydrogens is 296 g/mol. The predicted molar refractivity (Wildman–Crippen MR) is 85.8 cm³/mol. The molecule has 0 radical (unpaired) electrons. The first-order valence-corrected chi connectivity index (χ1v) is 7.99. The molecular formula is C18H24O5. The van der Waals surface area contributed by atoms with Crippen molar-refractivity contribution in [2.24, 2.45) is 5.41 Å². The van der Waals surface area contributed by atoms with E-state index < -0.39 is 5.41 Å². The molecule has 0 spiro atoms. The highest BCUT2D eigenvalue weighted by molar-refractivity contribution is 6.05. The maximum absolute atomic E-state index is 12.4. The van der Waals surface area contributed by atoms with Gasteiger partial charge in [0.2, 0.25) is 0 Å². The highest BCUT2D eigenvalue weighted by Gasteiger charge is 2.49. The molecule has 0 heterocycles. The van der Waals surface area contributed by atoms with Crippen molar-refractivity contribution in [2.45, 2.75) is 39.0 Å². The molecule has 1 unspecified atom stereocenters. The van der Waals surface area contributed by atoms with Crippen molar-refractivity contribution < 1.29 is 23.8 Å². The summed E-state index contributed by atoms with van der Waals surface area (Å²) >= 11 is 0. The van der Waals surface area contributed by atoms with Gasteiger partial charge in [0.1, 0.15) is 22.7 Å². The van der Waals surface area contributed by atoms with Crippen LogP contribution in [0, 0.1) is 5.41 Å². The largest absolute Gasteiger partial charge is 0.497 e. The molecule has 1 fully saturated rings. The Labute approximate surface area is 136 Å². The quantitative estimate of drug-likeness (QED) is 0.571. The molecule has 1 aromatic rings. The van der Waals surface area contributed by atoms with Crippen LogP contribution in [0.5, 0.6) is 11.5 Å². The predicted octanol–water partition coefficient (Wildman–Crippen LogP) is 2.94. The van der Waals surface area contributed by atoms with Gasteiger partial charge in [0.05, 0.1) is 20.8 Å². The summed E-state index contributed by atoms with van der Waals surface area (Å²) in [6, 6.07) is 5.54. The average Bonchev–Trinajstić information content (AvgIpc) is 2.94. The molecule has 0 aliphatic heterocycles. The molecule has 0 bridgehead atoms. The van der Waals surface area contributed by atoms with Gasteiger partial charge in [-0.05, 0) is 56.4 Å². The highest BCUT2D eigenvalue weighted by atomic mass is 16.5. The number of hydrogen-bond acceptors (Lipinski definition) is 5. The van der Waals surface area contributed by atoms with E-state index in [2.05, 4.69) is 0 Å². The lowest BCUT2D eigenvalue weighted by Gasteiger charge is -2.25. The average molecular weight is 320 g/mol. The van der Waals surface area contributed by atoms with Crippen LogP contribution in [0.15, 0.2) is 18.2 Å². The second-order valence-corrected chi connectivity index (χ2v) is 5.76. The van der Waals surface area contributed by atoms with Crippen molar-refractivity contribution in [2.75, 3.05) is 20.8 Å². The topological polar surface area (TPSA) is 61.8 Å². The minimum Gasteiger partial charge on any atom is -0.497 e. The number of ketones is 1. The Morgan fingerprint density at radius 2 is 2.04 bits per heavy atom. The zero-order valence-electron chi connectivity index (χ0n) is 14.0. The van der Waals surface area contributed by atoms with Crippen LogP contribution in [0.4, 0.5) is 0 Å². The van der Waals surface area contributed by atoms with E-state index in [1.807, 2.05) is 18.2 Å². The molecule has 1 saturated carbocycles. The maximum Gasteiger partial charge on any atom is 0.319 e. The Kier molecular flexibility index (Phi) is 5.64. The lowest BCUT2D eigenvalue weighted by molar-refractivity contribution is -0.159. The number of methoxy groups -OCH3 is 2. The number of benzene rings is 1. The number of esters is 1. The molecule has 0 saturated heterocycles. The van der Waals surface area contributed by atoms with Gasteiger partial charge in [-0.2, -0.15) is 0 Å². The first kappa shape index (κ1) is 17.3. The molecule has 23 heavy (non-hydrogen) atoms. The molecule has 1 aromatic carbocycles. The van der Waals surface area contributed by atoms with Crippen molar-refractivity contribution in [3.63, 3.8) is 0 Å². The van der Waals surface area contributed by atoms with Gasteiger partial charge in [-0.3, -0.25) is 9.59 Å². The van der Waals surface area contributed by atoms with E-state index in [0.29, 0.717) is 25.7 Å². The van der Waals surface area contributed by atoms with Crippen LogP contribution < -0.4 is 9.47 Å². The highest BCUT2D eigenvalue weighted by Crippen LogP contribution is 2.41. The molecule has 5 nitrogen and oxygen atoms in total. The van der Waals surface area contributed by atoms with E-state index in [9.17, 15) is 9.59 Å². The van der Waals surface area contributed by atoms with Gasteiger partial charge >= 0.3 is 5.97 Å². The number of Topliss-reactive ketones (excluding diaryl/α,β-unsaturated/α-hetero) is 1. The van der Waals surface area contributed by atoms with Crippen molar-refractivity contribution >= 4 is 11.8 Å². The molecule has 126 valence electrons. The van der Waals surface area contributed by atoms with Gasteiger partial charge in [0.15, 0.2) is 0 Å². The molecule has 0 amide bonds. The Bertz CT molecular complexity index is 581. The summed E-state index contributed by atoms with van der Waals surface area (Å²) < 4.78 is 15.8. The summed E-state index contributed by atoms with van der Waals surface area (Å²) in [7, 11) is 3.21. The Morgan fingerprint density at radius 3 is 2.61 bits per heavy atom. The van der Waals surface area contributed by atoms with Gasteiger partial charge in [0, 0.05) is 6.42 Å². The van der Waals surface area contributed by atoms with Crippen LogP contribution in [-0.4, -0.2) is 32.6 Å². The molecule has 0 aromatic heterocycles. The molecule has 5 heteroatoms. The van der Waals surface area contributed by atoms with Gasteiger partial charge in [-0.1, -0.05) is 0 Å².